The standard InChI is InChI=1S/C20H16N2O3S/c23-16(13-7-9-14(10-8-13)17-5-3-11-25-17)12-21-19(24)20-22-15-4-1-2-6-18(15)26-20/h1-11,16,23H,12H2,(H,21,24)/t16-/m1/s1. The molecule has 2 aromatic heterocycles. The summed E-state index contributed by atoms with van der Waals surface area (Å²) in [5.74, 6) is 0.493. The molecule has 5 nitrogen and oxygen atoms in total. The normalized spacial score (nSPS) is 12.2. The fraction of sp³-hybridized carbons (Fsp3) is 0.100. The van der Waals surface area contributed by atoms with Gasteiger partial charge >= 0.3 is 0 Å². The molecule has 0 aliphatic carbocycles. The van der Waals surface area contributed by atoms with Gasteiger partial charge in [0.05, 0.1) is 22.6 Å². The first kappa shape index (κ1) is 16.5. The number of para-hydroxylation sites is 1. The molecular formula is C20H16N2O3S. The number of amides is 1. The predicted octanol–water partition coefficient (Wildman–Crippen LogP) is 4.02. The maximum absolute atomic E-state index is 12.3. The van der Waals surface area contributed by atoms with Crippen molar-refractivity contribution in [2.45, 2.75) is 6.10 Å². The van der Waals surface area contributed by atoms with Gasteiger partial charge in [0.25, 0.3) is 5.91 Å². The van der Waals surface area contributed by atoms with Crippen molar-refractivity contribution in [2.75, 3.05) is 6.54 Å². The summed E-state index contributed by atoms with van der Waals surface area (Å²) in [6, 6.07) is 18.7. The van der Waals surface area contributed by atoms with Gasteiger partial charge in [0.15, 0.2) is 5.01 Å². The van der Waals surface area contributed by atoms with E-state index in [9.17, 15) is 9.90 Å². The van der Waals surface area contributed by atoms with Crippen LogP contribution in [0, 0.1) is 0 Å². The van der Waals surface area contributed by atoms with E-state index in [4.69, 9.17) is 4.42 Å². The molecule has 1 atom stereocenters. The molecule has 0 spiro atoms. The maximum atomic E-state index is 12.3. The zero-order valence-electron chi connectivity index (χ0n) is 13.8. The fourth-order valence-electron chi connectivity index (χ4n) is 2.66. The van der Waals surface area contributed by atoms with E-state index in [1.807, 2.05) is 60.7 Å². The Bertz CT molecular complexity index is 990. The third-order valence-corrected chi connectivity index (χ3v) is 5.08. The second-order valence-corrected chi connectivity index (χ2v) is 6.84. The summed E-state index contributed by atoms with van der Waals surface area (Å²) in [7, 11) is 0. The van der Waals surface area contributed by atoms with Gasteiger partial charge in [0.2, 0.25) is 0 Å². The van der Waals surface area contributed by atoms with Gasteiger partial charge in [-0.2, -0.15) is 0 Å². The molecule has 130 valence electrons. The number of benzene rings is 2. The van der Waals surface area contributed by atoms with Crippen LogP contribution in [0.25, 0.3) is 21.5 Å². The molecule has 26 heavy (non-hydrogen) atoms. The quantitative estimate of drug-likeness (QED) is 0.561. The van der Waals surface area contributed by atoms with Gasteiger partial charge in [-0.25, -0.2) is 4.98 Å². The first-order chi connectivity index (χ1) is 12.7. The van der Waals surface area contributed by atoms with E-state index in [0.717, 1.165) is 27.1 Å². The molecule has 0 aliphatic heterocycles. The number of hydrogen-bond acceptors (Lipinski definition) is 5. The fourth-order valence-corrected chi connectivity index (χ4v) is 3.55. The van der Waals surface area contributed by atoms with Crippen molar-refractivity contribution in [1.82, 2.24) is 10.3 Å². The molecule has 1 amide bonds. The number of aliphatic hydroxyl groups is 1. The Balaban J connectivity index is 1.40. The van der Waals surface area contributed by atoms with Crippen molar-refractivity contribution in [3.63, 3.8) is 0 Å². The minimum absolute atomic E-state index is 0.120. The lowest BCUT2D eigenvalue weighted by atomic mass is 10.1. The average molecular weight is 364 g/mol. The second-order valence-electron chi connectivity index (χ2n) is 5.81. The predicted molar refractivity (Wildman–Crippen MR) is 101 cm³/mol. The Morgan fingerprint density at radius 2 is 1.92 bits per heavy atom. The Morgan fingerprint density at radius 3 is 2.65 bits per heavy atom. The highest BCUT2D eigenvalue weighted by Gasteiger charge is 2.14. The molecule has 4 rings (SSSR count). The Kier molecular flexibility index (Phi) is 4.51. The lowest BCUT2D eigenvalue weighted by Gasteiger charge is -2.12. The number of fused-ring (bicyclic) bond motifs is 1. The van der Waals surface area contributed by atoms with Crippen LogP contribution in [0.3, 0.4) is 0 Å². The van der Waals surface area contributed by atoms with Crippen LogP contribution in [-0.4, -0.2) is 22.5 Å². The van der Waals surface area contributed by atoms with Crippen LogP contribution >= 0.6 is 11.3 Å². The number of carbonyl (C=O) groups excluding carboxylic acids is 1. The van der Waals surface area contributed by atoms with Gasteiger partial charge < -0.3 is 14.8 Å². The monoisotopic (exact) mass is 364 g/mol. The number of rotatable bonds is 5. The van der Waals surface area contributed by atoms with Gasteiger partial charge in [-0.3, -0.25) is 4.79 Å². The maximum Gasteiger partial charge on any atom is 0.280 e. The Labute approximate surface area is 153 Å². The van der Waals surface area contributed by atoms with Crippen molar-refractivity contribution < 1.29 is 14.3 Å². The van der Waals surface area contributed by atoms with Crippen LogP contribution < -0.4 is 5.32 Å². The highest BCUT2D eigenvalue weighted by molar-refractivity contribution is 7.20. The summed E-state index contributed by atoms with van der Waals surface area (Å²) in [4.78, 5) is 16.6. The third kappa shape index (κ3) is 3.37. The van der Waals surface area contributed by atoms with E-state index in [2.05, 4.69) is 10.3 Å². The van der Waals surface area contributed by atoms with Crippen molar-refractivity contribution in [3.8, 4) is 11.3 Å². The lowest BCUT2D eigenvalue weighted by Crippen LogP contribution is -2.28. The smallest absolute Gasteiger partial charge is 0.280 e. The molecule has 2 N–H and O–H groups in total. The van der Waals surface area contributed by atoms with Crippen molar-refractivity contribution >= 4 is 27.5 Å². The molecule has 0 saturated carbocycles. The minimum atomic E-state index is -0.793. The van der Waals surface area contributed by atoms with Gasteiger partial charge in [-0.05, 0) is 29.8 Å². The summed E-state index contributed by atoms with van der Waals surface area (Å²) in [6.07, 6.45) is 0.828. The number of nitrogens with one attached hydrogen (secondary N) is 1. The summed E-state index contributed by atoms with van der Waals surface area (Å²) in [6.45, 7) is 0.120. The van der Waals surface area contributed by atoms with Crippen LogP contribution in [0.15, 0.2) is 71.3 Å². The van der Waals surface area contributed by atoms with Crippen molar-refractivity contribution in [3.05, 3.63) is 77.5 Å². The van der Waals surface area contributed by atoms with E-state index in [1.54, 1.807) is 6.26 Å². The average Bonchev–Trinajstić information content (AvgIpc) is 3.35. The van der Waals surface area contributed by atoms with E-state index >= 15 is 0 Å². The van der Waals surface area contributed by atoms with E-state index in [-0.39, 0.29) is 12.5 Å². The summed E-state index contributed by atoms with van der Waals surface area (Å²) >= 11 is 1.34. The zero-order valence-corrected chi connectivity index (χ0v) is 14.6. The highest BCUT2D eigenvalue weighted by Crippen LogP contribution is 2.23. The first-order valence-electron chi connectivity index (χ1n) is 8.16. The van der Waals surface area contributed by atoms with Gasteiger partial charge in [-0.15, -0.1) is 11.3 Å². The zero-order chi connectivity index (χ0) is 17.9. The largest absolute Gasteiger partial charge is 0.464 e. The summed E-state index contributed by atoms with van der Waals surface area (Å²) in [5.41, 5.74) is 2.46. The number of carbonyl (C=O) groups is 1. The topological polar surface area (TPSA) is 75.4 Å². The number of thiazole rings is 1. The van der Waals surface area contributed by atoms with E-state index < -0.39 is 6.10 Å². The number of aromatic nitrogens is 1. The molecule has 0 bridgehead atoms. The van der Waals surface area contributed by atoms with Gasteiger partial charge in [-0.1, -0.05) is 36.4 Å². The first-order valence-corrected chi connectivity index (χ1v) is 8.98. The van der Waals surface area contributed by atoms with Gasteiger partial charge in [0, 0.05) is 12.1 Å². The van der Waals surface area contributed by atoms with Crippen LogP contribution in [0.2, 0.25) is 0 Å². The third-order valence-electron chi connectivity index (χ3n) is 4.05. The van der Waals surface area contributed by atoms with Crippen LogP contribution in [-0.2, 0) is 0 Å². The molecule has 2 heterocycles. The Hall–Kier alpha value is -2.96. The number of aliphatic hydroxyl groups excluding tert-OH is 1. The van der Waals surface area contributed by atoms with Crippen LogP contribution in [0.1, 0.15) is 21.5 Å². The van der Waals surface area contributed by atoms with Gasteiger partial charge in [0.1, 0.15) is 5.76 Å². The lowest BCUT2D eigenvalue weighted by molar-refractivity contribution is 0.0916. The summed E-state index contributed by atoms with van der Waals surface area (Å²) in [5, 5.41) is 13.5. The molecular weight excluding hydrogens is 348 g/mol. The Morgan fingerprint density at radius 1 is 1.12 bits per heavy atom. The van der Waals surface area contributed by atoms with Crippen LogP contribution in [0.5, 0.6) is 0 Å². The molecule has 0 aliphatic rings. The van der Waals surface area contributed by atoms with E-state index in [1.165, 1.54) is 11.3 Å². The SMILES string of the molecule is O=C(NC[C@@H](O)c1ccc(-c2ccco2)cc1)c1nc2ccccc2s1. The number of hydrogen-bond donors (Lipinski definition) is 2. The highest BCUT2D eigenvalue weighted by atomic mass is 32.1. The van der Waals surface area contributed by atoms with Crippen molar-refractivity contribution in [1.29, 1.82) is 0 Å². The molecule has 0 saturated heterocycles. The molecule has 4 aromatic rings. The van der Waals surface area contributed by atoms with Crippen molar-refractivity contribution in [2.24, 2.45) is 0 Å². The molecule has 0 unspecified atom stereocenters. The minimum Gasteiger partial charge on any atom is -0.464 e. The van der Waals surface area contributed by atoms with Crippen LogP contribution in [0.4, 0.5) is 0 Å². The number of nitrogens with zero attached hydrogens (tertiary/aromatic N) is 1. The molecule has 2 aromatic carbocycles. The molecule has 0 radical (unpaired) electrons. The molecule has 6 heteroatoms. The number of furan rings is 1. The summed E-state index contributed by atoms with van der Waals surface area (Å²) < 4.78 is 6.31. The van der Waals surface area contributed by atoms with E-state index in [0.29, 0.717) is 5.01 Å². The molecule has 0 fully saturated rings. The second kappa shape index (κ2) is 7.11.